The molecule has 0 saturated carbocycles. The number of rotatable bonds is 6. The van der Waals surface area contributed by atoms with E-state index < -0.39 is 5.97 Å². The molecule has 0 spiro atoms. The van der Waals surface area contributed by atoms with Crippen molar-refractivity contribution in [2.45, 2.75) is 6.61 Å². The fraction of sp³-hybridized carbons (Fsp3) is 0.118. The predicted molar refractivity (Wildman–Crippen MR) is 93.1 cm³/mol. The van der Waals surface area contributed by atoms with Gasteiger partial charge in [0.2, 0.25) is 0 Å². The van der Waals surface area contributed by atoms with Crippen LogP contribution in [-0.2, 0) is 11.4 Å². The summed E-state index contributed by atoms with van der Waals surface area (Å²) in [5.74, 6) is 0.0203. The molecule has 0 atom stereocenters. The summed E-state index contributed by atoms with van der Waals surface area (Å²) >= 11 is 9.50. The molecule has 1 N–H and O–H groups in total. The number of methoxy groups -OCH3 is 1. The monoisotopic (exact) mass is 396 g/mol. The predicted octanol–water partition coefficient (Wildman–Crippen LogP) is 4.79. The Hall–Kier alpha value is -1.98. The van der Waals surface area contributed by atoms with Crippen molar-refractivity contribution < 1.29 is 19.4 Å². The van der Waals surface area contributed by atoms with Crippen molar-refractivity contribution >= 4 is 39.6 Å². The minimum atomic E-state index is -1.02. The van der Waals surface area contributed by atoms with E-state index in [9.17, 15) is 4.79 Å². The zero-order valence-corrected chi connectivity index (χ0v) is 14.6. The van der Waals surface area contributed by atoms with E-state index in [1.807, 2.05) is 18.2 Å². The van der Waals surface area contributed by atoms with Gasteiger partial charge in [-0.1, -0.05) is 45.7 Å². The van der Waals surface area contributed by atoms with Gasteiger partial charge in [-0.3, -0.25) is 0 Å². The highest BCUT2D eigenvalue weighted by molar-refractivity contribution is 9.10. The van der Waals surface area contributed by atoms with Crippen LogP contribution in [0.3, 0.4) is 0 Å². The summed E-state index contributed by atoms with van der Waals surface area (Å²) in [6.45, 7) is 0.298. The first-order valence-corrected chi connectivity index (χ1v) is 7.83. The average molecular weight is 398 g/mol. The summed E-state index contributed by atoms with van der Waals surface area (Å²) in [6.07, 6.45) is 2.54. The van der Waals surface area contributed by atoms with Crippen molar-refractivity contribution in [2.75, 3.05) is 7.11 Å². The van der Waals surface area contributed by atoms with Crippen LogP contribution >= 0.6 is 27.5 Å². The highest BCUT2D eigenvalue weighted by Gasteiger charge is 2.10. The van der Waals surface area contributed by atoms with Gasteiger partial charge in [-0.25, -0.2) is 4.79 Å². The molecule has 0 saturated heterocycles. The number of hydrogen-bond donors (Lipinski definition) is 1. The van der Waals surface area contributed by atoms with Gasteiger partial charge in [0, 0.05) is 21.1 Å². The van der Waals surface area contributed by atoms with Gasteiger partial charge >= 0.3 is 5.97 Å². The van der Waals surface area contributed by atoms with Crippen LogP contribution in [0.15, 0.2) is 46.9 Å². The molecule has 2 aromatic rings. The molecule has 2 aromatic carbocycles. The quantitative estimate of drug-likeness (QED) is 0.712. The molecule has 0 fully saturated rings. The molecule has 4 nitrogen and oxygen atoms in total. The Morgan fingerprint density at radius 1 is 1.30 bits per heavy atom. The van der Waals surface area contributed by atoms with Gasteiger partial charge < -0.3 is 14.6 Å². The van der Waals surface area contributed by atoms with Gasteiger partial charge in [-0.05, 0) is 29.8 Å². The highest BCUT2D eigenvalue weighted by Crippen LogP contribution is 2.35. The van der Waals surface area contributed by atoms with E-state index in [0.717, 1.165) is 11.6 Å². The second-order valence-electron chi connectivity index (χ2n) is 4.58. The van der Waals surface area contributed by atoms with Crippen LogP contribution < -0.4 is 9.47 Å². The van der Waals surface area contributed by atoms with Crippen molar-refractivity contribution in [1.29, 1.82) is 0 Å². The molecule has 2 rings (SSSR count). The van der Waals surface area contributed by atoms with Gasteiger partial charge in [-0.15, -0.1) is 0 Å². The Kier molecular flexibility index (Phi) is 6.07. The number of carbonyl (C=O) groups is 1. The maximum absolute atomic E-state index is 10.6. The highest BCUT2D eigenvalue weighted by atomic mass is 79.9. The number of carboxylic acid groups (broad SMARTS) is 1. The molecule has 0 aliphatic rings. The lowest BCUT2D eigenvalue weighted by molar-refractivity contribution is -0.131. The van der Waals surface area contributed by atoms with Crippen molar-refractivity contribution in [3.05, 3.63) is 63.1 Å². The van der Waals surface area contributed by atoms with Crippen LogP contribution in [0.5, 0.6) is 11.5 Å². The summed E-state index contributed by atoms with van der Waals surface area (Å²) in [4.78, 5) is 10.6. The van der Waals surface area contributed by atoms with Gasteiger partial charge in [0.05, 0.1) is 7.11 Å². The lowest BCUT2D eigenvalue weighted by atomic mass is 10.2. The first-order valence-electron chi connectivity index (χ1n) is 6.66. The third kappa shape index (κ3) is 4.74. The van der Waals surface area contributed by atoms with E-state index in [1.54, 1.807) is 18.2 Å². The third-order valence-corrected chi connectivity index (χ3v) is 4.08. The van der Waals surface area contributed by atoms with Crippen molar-refractivity contribution in [1.82, 2.24) is 0 Å². The topological polar surface area (TPSA) is 55.8 Å². The Labute approximate surface area is 147 Å². The summed E-state index contributed by atoms with van der Waals surface area (Å²) in [7, 11) is 1.52. The smallest absolute Gasteiger partial charge is 0.328 e. The normalized spacial score (nSPS) is 10.7. The van der Waals surface area contributed by atoms with Crippen LogP contribution in [0, 0.1) is 0 Å². The number of ether oxygens (including phenoxy) is 2. The van der Waals surface area contributed by atoms with E-state index in [-0.39, 0.29) is 0 Å². The molecule has 0 heterocycles. The zero-order chi connectivity index (χ0) is 16.8. The second-order valence-corrected chi connectivity index (χ2v) is 5.84. The lowest BCUT2D eigenvalue weighted by Crippen LogP contribution is -1.99. The molecule has 0 amide bonds. The van der Waals surface area contributed by atoms with Crippen LogP contribution in [0.4, 0.5) is 0 Å². The van der Waals surface area contributed by atoms with E-state index >= 15 is 0 Å². The number of halogens is 2. The molecule has 23 heavy (non-hydrogen) atoms. The van der Waals surface area contributed by atoms with Crippen molar-refractivity contribution in [3.8, 4) is 11.5 Å². The minimum absolute atomic E-state index is 0.298. The summed E-state index contributed by atoms with van der Waals surface area (Å²) in [5, 5.41) is 9.34. The number of benzene rings is 2. The molecule has 0 bridgehead atoms. The molecule has 0 unspecified atom stereocenters. The molecule has 0 aliphatic heterocycles. The Morgan fingerprint density at radius 3 is 2.70 bits per heavy atom. The Morgan fingerprint density at radius 2 is 2.04 bits per heavy atom. The second kappa shape index (κ2) is 8.04. The minimum Gasteiger partial charge on any atom is -0.493 e. The summed E-state index contributed by atoms with van der Waals surface area (Å²) in [5.41, 5.74) is 1.54. The Balaban J connectivity index is 2.23. The Bertz CT molecular complexity index is 743. The number of aliphatic carboxylic acids is 1. The van der Waals surface area contributed by atoms with Crippen molar-refractivity contribution in [3.63, 3.8) is 0 Å². The van der Waals surface area contributed by atoms with Crippen LogP contribution in [0.25, 0.3) is 6.08 Å². The summed E-state index contributed by atoms with van der Waals surface area (Å²) in [6, 6.07) is 10.9. The van der Waals surface area contributed by atoms with Gasteiger partial charge in [-0.2, -0.15) is 0 Å². The maximum atomic E-state index is 10.6. The van der Waals surface area contributed by atoms with Crippen LogP contribution in [0.1, 0.15) is 11.1 Å². The first kappa shape index (κ1) is 17.4. The summed E-state index contributed by atoms with van der Waals surface area (Å²) < 4.78 is 11.8. The van der Waals surface area contributed by atoms with Crippen LogP contribution in [-0.4, -0.2) is 18.2 Å². The first-order chi connectivity index (χ1) is 11.0. The lowest BCUT2D eigenvalue weighted by Gasteiger charge is -2.13. The largest absolute Gasteiger partial charge is 0.493 e. The molecule has 0 aromatic heterocycles. The number of hydrogen-bond acceptors (Lipinski definition) is 3. The van der Waals surface area contributed by atoms with E-state index in [0.29, 0.717) is 33.2 Å². The fourth-order valence-corrected chi connectivity index (χ4v) is 2.53. The molecular formula is C17H14BrClO4. The van der Waals surface area contributed by atoms with Gasteiger partial charge in [0.25, 0.3) is 0 Å². The van der Waals surface area contributed by atoms with E-state index in [1.165, 1.54) is 13.2 Å². The molecule has 0 radical (unpaired) electrons. The standard InChI is InChI=1S/C17H14BrClO4/c1-22-15-8-11(6-7-17(20)21)13(18)9-16(15)23-10-12-4-2-3-5-14(12)19/h2-9H,10H2,1H3,(H,20,21). The van der Waals surface area contributed by atoms with E-state index in [4.69, 9.17) is 26.2 Å². The third-order valence-electron chi connectivity index (χ3n) is 3.03. The van der Waals surface area contributed by atoms with Gasteiger partial charge in [0.15, 0.2) is 11.5 Å². The van der Waals surface area contributed by atoms with Gasteiger partial charge in [0.1, 0.15) is 6.61 Å². The maximum Gasteiger partial charge on any atom is 0.328 e. The molecule has 120 valence electrons. The number of carboxylic acids is 1. The average Bonchev–Trinajstić information content (AvgIpc) is 2.53. The van der Waals surface area contributed by atoms with Crippen molar-refractivity contribution in [2.24, 2.45) is 0 Å². The zero-order valence-electron chi connectivity index (χ0n) is 12.3. The SMILES string of the molecule is COc1cc(C=CC(=O)O)c(Br)cc1OCc1ccccc1Cl. The van der Waals surface area contributed by atoms with Crippen LogP contribution in [0.2, 0.25) is 5.02 Å². The molecular weight excluding hydrogens is 384 g/mol. The fourth-order valence-electron chi connectivity index (χ4n) is 1.88. The molecule has 6 heteroatoms. The van der Waals surface area contributed by atoms with E-state index in [2.05, 4.69) is 15.9 Å². The molecule has 0 aliphatic carbocycles.